The van der Waals surface area contributed by atoms with Gasteiger partial charge in [0.1, 0.15) is 0 Å². The van der Waals surface area contributed by atoms with Gasteiger partial charge < -0.3 is 19.9 Å². The van der Waals surface area contributed by atoms with Crippen molar-refractivity contribution in [2.75, 3.05) is 40.3 Å². The first-order valence-corrected chi connectivity index (χ1v) is 3.26. The molecule has 0 aromatic heterocycles. The Morgan fingerprint density at radius 2 is 1.60 bits per heavy atom. The molecule has 0 amide bonds. The maximum atomic E-state index is 5.07. The lowest BCUT2D eigenvalue weighted by Gasteiger charge is -2.02. The summed E-state index contributed by atoms with van der Waals surface area (Å²) < 4.78 is 14.7. The van der Waals surface area contributed by atoms with Crippen LogP contribution in [0.1, 0.15) is 0 Å². The molecule has 0 heterocycles. The van der Waals surface area contributed by atoms with E-state index in [9.17, 15) is 0 Å². The van der Waals surface area contributed by atoms with Crippen LogP contribution in [0.15, 0.2) is 0 Å². The van der Waals surface area contributed by atoms with Gasteiger partial charge in [0, 0.05) is 7.11 Å². The number of hydrogen-bond donors (Lipinski definition) is 1. The van der Waals surface area contributed by atoms with Crippen LogP contribution in [0.4, 0.5) is 0 Å². The van der Waals surface area contributed by atoms with E-state index < -0.39 is 0 Å². The maximum absolute atomic E-state index is 5.07. The van der Waals surface area contributed by atoms with Gasteiger partial charge in [-0.2, -0.15) is 0 Å². The fraction of sp³-hybridized carbons (Fsp3) is 1.00. The van der Waals surface area contributed by atoms with Crippen molar-refractivity contribution in [3.05, 3.63) is 0 Å². The lowest BCUT2D eigenvalue weighted by molar-refractivity contribution is 0.0264. The van der Waals surface area contributed by atoms with Crippen molar-refractivity contribution < 1.29 is 14.2 Å². The summed E-state index contributed by atoms with van der Waals surface area (Å²) in [5.41, 5.74) is 5.07. The Balaban J connectivity index is 2.65. The predicted molar refractivity (Wildman–Crippen MR) is 37.7 cm³/mol. The number of hydrogen-bond acceptors (Lipinski definition) is 4. The van der Waals surface area contributed by atoms with Gasteiger partial charge in [-0.25, -0.2) is 0 Å². The Morgan fingerprint density at radius 1 is 1.00 bits per heavy atom. The van der Waals surface area contributed by atoms with Crippen molar-refractivity contribution in [1.82, 2.24) is 0 Å². The van der Waals surface area contributed by atoms with E-state index in [1.807, 2.05) is 0 Å². The quantitative estimate of drug-likeness (QED) is 0.394. The molecule has 0 spiro atoms. The lowest BCUT2D eigenvalue weighted by atomic mass is 10.7. The third kappa shape index (κ3) is 7.84. The van der Waals surface area contributed by atoms with Gasteiger partial charge in [-0.3, -0.25) is 0 Å². The van der Waals surface area contributed by atoms with Crippen molar-refractivity contribution >= 4 is 0 Å². The van der Waals surface area contributed by atoms with Crippen LogP contribution in [0.3, 0.4) is 0 Å². The lowest BCUT2D eigenvalue weighted by Crippen LogP contribution is -2.11. The fourth-order valence-corrected chi connectivity index (χ4v) is 0.446. The van der Waals surface area contributed by atoms with E-state index in [1.54, 1.807) is 7.11 Å². The number of methoxy groups -OCH3 is 1. The van der Waals surface area contributed by atoms with Crippen LogP contribution in [0, 0.1) is 0 Å². The predicted octanol–water partition coefficient (Wildman–Crippen LogP) is -0.418. The highest BCUT2D eigenvalue weighted by atomic mass is 16.5. The fourth-order valence-electron chi connectivity index (χ4n) is 0.446. The Bertz CT molecular complexity index is 53.0. The Kier molecular flexibility index (Phi) is 8.70. The number of ether oxygens (including phenoxy) is 3. The highest BCUT2D eigenvalue weighted by molar-refractivity contribution is 4.29. The van der Waals surface area contributed by atoms with Crippen molar-refractivity contribution in [2.24, 2.45) is 5.73 Å². The first kappa shape index (κ1) is 9.84. The summed E-state index contributed by atoms with van der Waals surface area (Å²) in [6.07, 6.45) is 0. The van der Waals surface area contributed by atoms with Gasteiger partial charge in [0.25, 0.3) is 0 Å². The SMILES string of the molecule is COCCOCCOCN. The van der Waals surface area contributed by atoms with Gasteiger partial charge in [-0.1, -0.05) is 0 Å². The van der Waals surface area contributed by atoms with Gasteiger partial charge in [-0.05, 0) is 0 Å². The van der Waals surface area contributed by atoms with Gasteiger partial charge >= 0.3 is 0 Å². The van der Waals surface area contributed by atoms with E-state index in [0.29, 0.717) is 26.4 Å². The van der Waals surface area contributed by atoms with Crippen LogP contribution < -0.4 is 5.73 Å². The minimum Gasteiger partial charge on any atom is -0.382 e. The van der Waals surface area contributed by atoms with Crippen molar-refractivity contribution in [1.29, 1.82) is 0 Å². The molecule has 0 saturated heterocycles. The zero-order valence-corrected chi connectivity index (χ0v) is 6.34. The summed E-state index contributed by atoms with van der Waals surface area (Å²) in [5, 5.41) is 0. The minimum atomic E-state index is 0.258. The van der Waals surface area contributed by atoms with E-state index in [1.165, 1.54) is 0 Å². The third-order valence-corrected chi connectivity index (χ3v) is 0.922. The first-order chi connectivity index (χ1) is 4.91. The Morgan fingerprint density at radius 3 is 2.20 bits per heavy atom. The molecule has 62 valence electrons. The molecule has 0 aromatic rings. The van der Waals surface area contributed by atoms with Crippen LogP contribution in [0.5, 0.6) is 0 Å². The second-order valence-electron chi connectivity index (χ2n) is 1.68. The van der Waals surface area contributed by atoms with E-state index in [4.69, 9.17) is 19.9 Å². The molecule has 4 heteroatoms. The molecule has 2 N–H and O–H groups in total. The largest absolute Gasteiger partial charge is 0.382 e. The molecule has 0 saturated carbocycles. The zero-order chi connectivity index (χ0) is 7.66. The monoisotopic (exact) mass is 149 g/mol. The average molecular weight is 149 g/mol. The Hall–Kier alpha value is -0.160. The average Bonchev–Trinajstić information content (AvgIpc) is 1.97. The van der Waals surface area contributed by atoms with E-state index in [0.717, 1.165) is 0 Å². The summed E-state index contributed by atoms with van der Waals surface area (Å²) in [6.45, 7) is 2.64. The molecular formula is C6H15NO3. The molecule has 0 aliphatic heterocycles. The summed E-state index contributed by atoms with van der Waals surface area (Å²) >= 11 is 0. The van der Waals surface area contributed by atoms with Crippen molar-refractivity contribution in [3.63, 3.8) is 0 Å². The summed E-state index contributed by atoms with van der Waals surface area (Å²) in [5.74, 6) is 0. The molecule has 0 radical (unpaired) electrons. The molecule has 0 rings (SSSR count). The van der Waals surface area contributed by atoms with Gasteiger partial charge in [0.05, 0.1) is 33.2 Å². The highest BCUT2D eigenvalue weighted by Crippen LogP contribution is 1.76. The molecule has 0 fully saturated rings. The van der Waals surface area contributed by atoms with Gasteiger partial charge in [-0.15, -0.1) is 0 Å². The van der Waals surface area contributed by atoms with Gasteiger partial charge in [0.2, 0.25) is 0 Å². The maximum Gasteiger partial charge on any atom is 0.0941 e. The molecule has 0 aromatic carbocycles. The van der Waals surface area contributed by atoms with E-state index in [2.05, 4.69) is 0 Å². The normalized spacial score (nSPS) is 10.2. The minimum absolute atomic E-state index is 0.258. The zero-order valence-electron chi connectivity index (χ0n) is 6.34. The number of nitrogens with two attached hydrogens (primary N) is 1. The number of rotatable bonds is 7. The molecule has 0 bridgehead atoms. The molecule has 0 atom stereocenters. The molecule has 4 nitrogen and oxygen atoms in total. The first-order valence-electron chi connectivity index (χ1n) is 3.26. The van der Waals surface area contributed by atoms with E-state index >= 15 is 0 Å². The highest BCUT2D eigenvalue weighted by Gasteiger charge is 1.86. The van der Waals surface area contributed by atoms with Crippen LogP contribution >= 0.6 is 0 Å². The molecule has 0 aliphatic rings. The van der Waals surface area contributed by atoms with Crippen molar-refractivity contribution in [3.8, 4) is 0 Å². The third-order valence-electron chi connectivity index (χ3n) is 0.922. The van der Waals surface area contributed by atoms with Crippen LogP contribution in [-0.4, -0.2) is 40.3 Å². The molecule has 0 aliphatic carbocycles. The van der Waals surface area contributed by atoms with Crippen molar-refractivity contribution in [2.45, 2.75) is 0 Å². The summed E-state index contributed by atoms with van der Waals surface area (Å²) in [7, 11) is 1.64. The second kappa shape index (κ2) is 8.84. The molecule has 10 heavy (non-hydrogen) atoms. The van der Waals surface area contributed by atoms with Gasteiger partial charge in [0.15, 0.2) is 0 Å². The summed E-state index contributed by atoms with van der Waals surface area (Å²) in [6, 6.07) is 0. The van der Waals surface area contributed by atoms with Crippen LogP contribution in [0.25, 0.3) is 0 Å². The topological polar surface area (TPSA) is 53.7 Å². The second-order valence-corrected chi connectivity index (χ2v) is 1.68. The van der Waals surface area contributed by atoms with Crippen LogP contribution in [0.2, 0.25) is 0 Å². The Labute approximate surface area is 61.2 Å². The smallest absolute Gasteiger partial charge is 0.0941 e. The standard InChI is InChI=1S/C6H15NO3/c1-8-2-3-9-4-5-10-6-7/h2-7H2,1H3. The van der Waals surface area contributed by atoms with Crippen LogP contribution in [-0.2, 0) is 14.2 Å². The summed E-state index contributed by atoms with van der Waals surface area (Å²) in [4.78, 5) is 0. The van der Waals surface area contributed by atoms with E-state index in [-0.39, 0.29) is 6.73 Å². The molecular weight excluding hydrogens is 134 g/mol. The molecule has 0 unspecified atom stereocenters.